The van der Waals surface area contributed by atoms with Gasteiger partial charge in [-0.25, -0.2) is 0 Å². The molecule has 1 aliphatic carbocycles. The molecule has 10 heavy (non-hydrogen) atoms. The minimum Gasteiger partial charge on any atom is -0.0697 e. The fourth-order valence-corrected chi connectivity index (χ4v) is 1.84. The first-order chi connectivity index (χ1) is 4.89. The van der Waals surface area contributed by atoms with Crippen molar-refractivity contribution in [3.63, 3.8) is 0 Å². The minimum absolute atomic E-state index is 1.01. The molecule has 1 aliphatic rings. The highest BCUT2D eigenvalue weighted by molar-refractivity contribution is 6.11. The fourth-order valence-electron chi connectivity index (χ4n) is 1.84. The van der Waals surface area contributed by atoms with Gasteiger partial charge in [-0.1, -0.05) is 57.2 Å². The standard InChI is InChI=1S/C9H19B/c10-9-7-5-3-1-2-4-6-8-9/h9H,1-8,10H2. The quantitative estimate of drug-likeness (QED) is 0.451. The largest absolute Gasteiger partial charge is 0.105 e. The van der Waals surface area contributed by atoms with Gasteiger partial charge in [0.25, 0.3) is 0 Å². The average Bonchev–Trinajstić information content (AvgIpc) is 2.02. The molecule has 0 amide bonds. The molecule has 1 saturated carbocycles. The lowest BCUT2D eigenvalue weighted by molar-refractivity contribution is 0.623. The van der Waals surface area contributed by atoms with Crippen molar-refractivity contribution < 1.29 is 0 Å². The first-order valence-electron chi connectivity index (χ1n) is 4.89. The van der Waals surface area contributed by atoms with Crippen LogP contribution in [0.25, 0.3) is 0 Å². The first kappa shape index (κ1) is 8.16. The Morgan fingerprint density at radius 3 is 1.60 bits per heavy atom. The van der Waals surface area contributed by atoms with E-state index in [4.69, 9.17) is 0 Å². The van der Waals surface area contributed by atoms with Gasteiger partial charge >= 0.3 is 0 Å². The topological polar surface area (TPSA) is 0 Å². The lowest BCUT2D eigenvalue weighted by Crippen LogP contribution is -1.90. The van der Waals surface area contributed by atoms with E-state index in [2.05, 4.69) is 7.85 Å². The van der Waals surface area contributed by atoms with Crippen LogP contribution in [0, 0.1) is 0 Å². The van der Waals surface area contributed by atoms with Crippen molar-refractivity contribution in [2.75, 3.05) is 0 Å². The van der Waals surface area contributed by atoms with E-state index in [-0.39, 0.29) is 0 Å². The Bertz CT molecular complexity index is 70.8. The zero-order valence-corrected chi connectivity index (χ0v) is 7.23. The molecule has 1 fully saturated rings. The molecule has 58 valence electrons. The molecular weight excluding hydrogens is 119 g/mol. The molecule has 0 saturated heterocycles. The summed E-state index contributed by atoms with van der Waals surface area (Å²) in [6.07, 6.45) is 11.9. The third-order valence-electron chi connectivity index (χ3n) is 2.64. The van der Waals surface area contributed by atoms with Gasteiger partial charge in [0.15, 0.2) is 0 Å². The Labute approximate surface area is 65.8 Å². The maximum absolute atomic E-state index is 2.41. The summed E-state index contributed by atoms with van der Waals surface area (Å²) in [6.45, 7) is 0. The van der Waals surface area contributed by atoms with Crippen LogP contribution in [0.2, 0.25) is 5.82 Å². The van der Waals surface area contributed by atoms with Gasteiger partial charge in [-0.05, 0) is 0 Å². The molecule has 0 unspecified atom stereocenters. The van der Waals surface area contributed by atoms with E-state index < -0.39 is 0 Å². The molecule has 0 heterocycles. The Hall–Kier alpha value is 0.0649. The van der Waals surface area contributed by atoms with Crippen LogP contribution in [-0.2, 0) is 0 Å². The molecule has 0 bridgehead atoms. The summed E-state index contributed by atoms with van der Waals surface area (Å²) in [5.41, 5.74) is 0. The van der Waals surface area contributed by atoms with Gasteiger partial charge in [-0.2, -0.15) is 0 Å². The molecule has 0 N–H and O–H groups in total. The molecule has 0 radical (unpaired) electrons. The van der Waals surface area contributed by atoms with Crippen molar-refractivity contribution in [1.82, 2.24) is 0 Å². The molecule has 0 atom stereocenters. The lowest BCUT2D eigenvalue weighted by Gasteiger charge is -2.06. The molecule has 0 aromatic rings. The van der Waals surface area contributed by atoms with Gasteiger partial charge in [0.05, 0.1) is 0 Å². The smallest absolute Gasteiger partial charge is 0.0697 e. The monoisotopic (exact) mass is 138 g/mol. The van der Waals surface area contributed by atoms with Crippen LogP contribution >= 0.6 is 0 Å². The van der Waals surface area contributed by atoms with Crippen LogP contribution in [0.5, 0.6) is 0 Å². The highest BCUT2D eigenvalue weighted by Crippen LogP contribution is 2.22. The van der Waals surface area contributed by atoms with Crippen molar-refractivity contribution in [3.8, 4) is 0 Å². The van der Waals surface area contributed by atoms with Crippen LogP contribution < -0.4 is 0 Å². The summed E-state index contributed by atoms with van der Waals surface area (Å²) >= 11 is 0. The second kappa shape index (κ2) is 4.82. The van der Waals surface area contributed by atoms with Crippen LogP contribution in [0.4, 0.5) is 0 Å². The highest BCUT2D eigenvalue weighted by atomic mass is 14.1. The molecular formula is C9H19B. The predicted molar refractivity (Wildman–Crippen MR) is 49.2 cm³/mol. The van der Waals surface area contributed by atoms with Crippen LogP contribution in [0.3, 0.4) is 0 Å². The van der Waals surface area contributed by atoms with Gasteiger partial charge in [-0.15, -0.1) is 0 Å². The van der Waals surface area contributed by atoms with E-state index in [0.717, 1.165) is 5.82 Å². The number of hydrogen-bond acceptors (Lipinski definition) is 0. The highest BCUT2D eigenvalue weighted by Gasteiger charge is 2.04. The van der Waals surface area contributed by atoms with Crippen molar-refractivity contribution >= 4 is 7.85 Å². The number of rotatable bonds is 0. The predicted octanol–water partition coefficient (Wildman–Crippen LogP) is 2.54. The van der Waals surface area contributed by atoms with Gasteiger partial charge in [0, 0.05) is 0 Å². The summed E-state index contributed by atoms with van der Waals surface area (Å²) in [5, 5.41) is 0. The van der Waals surface area contributed by atoms with Gasteiger partial charge in [0.1, 0.15) is 7.85 Å². The second-order valence-corrected chi connectivity index (χ2v) is 3.80. The minimum atomic E-state index is 1.01. The Kier molecular flexibility index (Phi) is 3.93. The van der Waals surface area contributed by atoms with Gasteiger partial charge in [-0.3, -0.25) is 0 Å². The van der Waals surface area contributed by atoms with Crippen molar-refractivity contribution in [2.24, 2.45) is 0 Å². The molecule has 1 heteroatoms. The SMILES string of the molecule is BC1CCCCCCCC1. The average molecular weight is 138 g/mol. The zero-order chi connectivity index (χ0) is 7.23. The maximum atomic E-state index is 2.41. The van der Waals surface area contributed by atoms with E-state index in [1.54, 1.807) is 0 Å². The van der Waals surface area contributed by atoms with Crippen LogP contribution in [0.1, 0.15) is 51.4 Å². The molecule has 0 aromatic heterocycles. The van der Waals surface area contributed by atoms with E-state index >= 15 is 0 Å². The third kappa shape index (κ3) is 3.29. The second-order valence-electron chi connectivity index (χ2n) is 3.80. The Morgan fingerprint density at radius 2 is 1.10 bits per heavy atom. The van der Waals surface area contributed by atoms with E-state index in [1.165, 1.54) is 51.4 Å². The summed E-state index contributed by atoms with van der Waals surface area (Å²) < 4.78 is 0. The summed E-state index contributed by atoms with van der Waals surface area (Å²) in [6, 6.07) is 0. The molecule has 0 aromatic carbocycles. The summed E-state index contributed by atoms with van der Waals surface area (Å²) in [5.74, 6) is 1.01. The van der Waals surface area contributed by atoms with E-state index in [1.807, 2.05) is 0 Å². The van der Waals surface area contributed by atoms with Crippen molar-refractivity contribution in [1.29, 1.82) is 0 Å². The fraction of sp³-hybridized carbons (Fsp3) is 1.00. The third-order valence-corrected chi connectivity index (χ3v) is 2.64. The van der Waals surface area contributed by atoms with Crippen molar-refractivity contribution in [2.45, 2.75) is 57.2 Å². The molecule has 0 spiro atoms. The first-order valence-corrected chi connectivity index (χ1v) is 4.89. The molecule has 0 nitrogen and oxygen atoms in total. The van der Waals surface area contributed by atoms with Crippen LogP contribution in [-0.4, -0.2) is 7.85 Å². The van der Waals surface area contributed by atoms with Gasteiger partial charge < -0.3 is 0 Å². The van der Waals surface area contributed by atoms with Gasteiger partial charge in [0.2, 0.25) is 0 Å². The normalized spacial score (nSPS) is 24.8. The summed E-state index contributed by atoms with van der Waals surface area (Å²) in [4.78, 5) is 0. The maximum Gasteiger partial charge on any atom is 0.105 e. The lowest BCUT2D eigenvalue weighted by atomic mass is 9.80. The van der Waals surface area contributed by atoms with E-state index in [9.17, 15) is 0 Å². The van der Waals surface area contributed by atoms with E-state index in [0.29, 0.717) is 0 Å². The number of hydrogen-bond donors (Lipinski definition) is 0. The zero-order valence-electron chi connectivity index (χ0n) is 7.23. The summed E-state index contributed by atoms with van der Waals surface area (Å²) in [7, 11) is 2.41. The van der Waals surface area contributed by atoms with Crippen LogP contribution in [0.15, 0.2) is 0 Å². The van der Waals surface area contributed by atoms with Crippen molar-refractivity contribution in [3.05, 3.63) is 0 Å². The Morgan fingerprint density at radius 1 is 0.700 bits per heavy atom. The molecule has 0 aliphatic heterocycles. The Balaban J connectivity index is 2.15. The molecule has 1 rings (SSSR count).